The maximum Gasteiger partial charge on any atom is 0.343 e. The molecule has 0 atom stereocenters. The molecule has 0 spiro atoms. The highest BCUT2D eigenvalue weighted by Gasteiger charge is 2.16. The summed E-state index contributed by atoms with van der Waals surface area (Å²) >= 11 is 0. The zero-order chi connectivity index (χ0) is 14.8. The van der Waals surface area contributed by atoms with Gasteiger partial charge in [0.2, 0.25) is 0 Å². The smallest absolute Gasteiger partial charge is 0.343 e. The highest BCUT2D eigenvalue weighted by molar-refractivity contribution is 5.91. The lowest BCUT2D eigenvalue weighted by Crippen LogP contribution is -2.13. The van der Waals surface area contributed by atoms with Crippen molar-refractivity contribution in [1.82, 2.24) is 0 Å². The summed E-state index contributed by atoms with van der Waals surface area (Å²) in [7, 11) is 0. The molecule has 0 unspecified atom stereocenters. The van der Waals surface area contributed by atoms with Crippen LogP contribution in [-0.2, 0) is 5.41 Å². The second-order valence-corrected chi connectivity index (χ2v) is 5.99. The summed E-state index contributed by atoms with van der Waals surface area (Å²) in [5, 5.41) is 0. The van der Waals surface area contributed by atoms with Crippen LogP contribution in [0.25, 0.3) is 0 Å². The summed E-state index contributed by atoms with van der Waals surface area (Å²) in [6.45, 7) is 8.45. The molecule has 0 bridgehead atoms. The molecular formula is C18H20O2. The first-order chi connectivity index (χ1) is 9.38. The van der Waals surface area contributed by atoms with Crippen LogP contribution in [-0.4, -0.2) is 5.97 Å². The maximum absolute atomic E-state index is 12.0. The van der Waals surface area contributed by atoms with Crippen LogP contribution in [0.2, 0.25) is 0 Å². The summed E-state index contributed by atoms with van der Waals surface area (Å²) in [4.78, 5) is 12.0. The third-order valence-electron chi connectivity index (χ3n) is 3.25. The fourth-order valence-electron chi connectivity index (χ4n) is 1.96. The van der Waals surface area contributed by atoms with E-state index in [4.69, 9.17) is 4.74 Å². The molecule has 2 nitrogen and oxygen atoms in total. The molecule has 0 radical (unpaired) electrons. The maximum atomic E-state index is 12.0. The predicted octanol–water partition coefficient (Wildman–Crippen LogP) is 4.51. The molecule has 0 aliphatic rings. The van der Waals surface area contributed by atoms with E-state index in [9.17, 15) is 4.79 Å². The minimum absolute atomic E-state index is 0.0900. The number of carbonyl (C=O) groups excluding carboxylic acids is 1. The number of carbonyl (C=O) groups is 1. The van der Waals surface area contributed by atoms with Gasteiger partial charge < -0.3 is 4.74 Å². The van der Waals surface area contributed by atoms with Gasteiger partial charge in [-0.25, -0.2) is 4.79 Å². The first kappa shape index (κ1) is 14.3. The van der Waals surface area contributed by atoms with Crippen molar-refractivity contribution in [2.45, 2.75) is 33.1 Å². The number of esters is 1. The number of hydrogen-bond acceptors (Lipinski definition) is 2. The Hall–Kier alpha value is -2.09. The summed E-state index contributed by atoms with van der Waals surface area (Å²) < 4.78 is 5.46. The van der Waals surface area contributed by atoms with Gasteiger partial charge in [-0.1, -0.05) is 51.1 Å². The lowest BCUT2D eigenvalue weighted by atomic mass is 9.86. The van der Waals surface area contributed by atoms with Gasteiger partial charge in [-0.3, -0.25) is 0 Å². The average Bonchev–Trinajstić information content (AvgIpc) is 2.41. The van der Waals surface area contributed by atoms with Gasteiger partial charge >= 0.3 is 5.97 Å². The van der Waals surface area contributed by atoms with Crippen molar-refractivity contribution in [3.05, 3.63) is 65.2 Å². The van der Waals surface area contributed by atoms with Crippen LogP contribution in [0.5, 0.6) is 5.75 Å². The minimum Gasteiger partial charge on any atom is -0.423 e. The zero-order valence-electron chi connectivity index (χ0n) is 12.4. The molecule has 0 saturated heterocycles. The van der Waals surface area contributed by atoms with E-state index in [1.165, 1.54) is 5.56 Å². The molecule has 2 aromatic carbocycles. The topological polar surface area (TPSA) is 26.3 Å². The molecule has 20 heavy (non-hydrogen) atoms. The second kappa shape index (κ2) is 5.49. The Morgan fingerprint density at radius 1 is 1.00 bits per heavy atom. The first-order valence-electron chi connectivity index (χ1n) is 6.76. The van der Waals surface area contributed by atoms with E-state index in [0.717, 1.165) is 5.56 Å². The largest absolute Gasteiger partial charge is 0.423 e. The van der Waals surface area contributed by atoms with Crippen LogP contribution in [0, 0.1) is 6.92 Å². The van der Waals surface area contributed by atoms with Gasteiger partial charge in [0.15, 0.2) is 0 Å². The number of rotatable bonds is 2. The summed E-state index contributed by atoms with van der Waals surface area (Å²) in [5.74, 6) is 0.295. The van der Waals surface area contributed by atoms with Crippen molar-refractivity contribution in [1.29, 1.82) is 0 Å². The van der Waals surface area contributed by atoms with E-state index in [1.807, 2.05) is 37.3 Å². The molecule has 0 aliphatic carbocycles. The van der Waals surface area contributed by atoms with Gasteiger partial charge in [0.05, 0.1) is 5.56 Å². The van der Waals surface area contributed by atoms with E-state index in [1.54, 1.807) is 12.1 Å². The molecule has 2 rings (SSSR count). The molecule has 0 fully saturated rings. The SMILES string of the molecule is Cc1cc(C(C)(C)C)ccc1OC(=O)c1ccccc1. The predicted molar refractivity (Wildman–Crippen MR) is 81.3 cm³/mol. The quantitative estimate of drug-likeness (QED) is 0.591. The van der Waals surface area contributed by atoms with Gasteiger partial charge in [-0.05, 0) is 41.7 Å². The van der Waals surface area contributed by atoms with Crippen LogP contribution in [0.15, 0.2) is 48.5 Å². The number of aryl methyl sites for hydroxylation is 1. The normalized spacial score (nSPS) is 11.2. The molecule has 0 amide bonds. The fraction of sp³-hybridized carbons (Fsp3) is 0.278. The zero-order valence-corrected chi connectivity index (χ0v) is 12.4. The molecule has 0 N–H and O–H groups in total. The van der Waals surface area contributed by atoms with Crippen molar-refractivity contribution in [3.63, 3.8) is 0 Å². The van der Waals surface area contributed by atoms with E-state index >= 15 is 0 Å². The first-order valence-corrected chi connectivity index (χ1v) is 6.76. The monoisotopic (exact) mass is 268 g/mol. The van der Waals surface area contributed by atoms with E-state index in [-0.39, 0.29) is 11.4 Å². The molecular weight excluding hydrogens is 248 g/mol. The number of benzene rings is 2. The number of hydrogen-bond donors (Lipinski definition) is 0. The molecule has 0 heterocycles. The van der Waals surface area contributed by atoms with Crippen LogP contribution < -0.4 is 4.74 Å². The summed E-state index contributed by atoms with van der Waals surface area (Å²) in [6.07, 6.45) is 0. The molecule has 104 valence electrons. The average molecular weight is 268 g/mol. The summed E-state index contributed by atoms with van der Waals surface area (Å²) in [5.41, 5.74) is 2.86. The van der Waals surface area contributed by atoms with Crippen LogP contribution >= 0.6 is 0 Å². The molecule has 0 aliphatic heterocycles. The Labute approximate surface area is 120 Å². The molecule has 2 heteroatoms. The van der Waals surface area contributed by atoms with Gasteiger partial charge in [0.1, 0.15) is 5.75 Å². The minimum atomic E-state index is -0.322. The molecule has 0 aromatic heterocycles. The molecule has 0 saturated carbocycles. The highest BCUT2D eigenvalue weighted by atomic mass is 16.5. The Bertz CT molecular complexity index is 607. The lowest BCUT2D eigenvalue weighted by Gasteiger charge is -2.20. The van der Waals surface area contributed by atoms with Gasteiger partial charge in [-0.15, -0.1) is 0 Å². The van der Waals surface area contributed by atoms with Crippen molar-refractivity contribution in [2.24, 2.45) is 0 Å². The Morgan fingerprint density at radius 3 is 2.20 bits per heavy atom. The van der Waals surface area contributed by atoms with Gasteiger partial charge in [0, 0.05) is 0 Å². The lowest BCUT2D eigenvalue weighted by molar-refractivity contribution is 0.0733. The number of ether oxygens (including phenoxy) is 1. The molecule has 2 aromatic rings. The fourth-order valence-corrected chi connectivity index (χ4v) is 1.96. The Morgan fingerprint density at radius 2 is 1.65 bits per heavy atom. The second-order valence-electron chi connectivity index (χ2n) is 5.99. The van der Waals surface area contributed by atoms with Crippen LogP contribution in [0.1, 0.15) is 42.3 Å². The van der Waals surface area contributed by atoms with Crippen molar-refractivity contribution in [2.75, 3.05) is 0 Å². The van der Waals surface area contributed by atoms with E-state index < -0.39 is 0 Å². The van der Waals surface area contributed by atoms with E-state index in [2.05, 4.69) is 26.8 Å². The highest BCUT2D eigenvalue weighted by Crippen LogP contribution is 2.27. The Balaban J connectivity index is 2.21. The standard InChI is InChI=1S/C18H20O2/c1-13-12-15(18(2,3)4)10-11-16(13)20-17(19)14-8-6-5-7-9-14/h5-12H,1-4H3. The van der Waals surface area contributed by atoms with E-state index in [0.29, 0.717) is 11.3 Å². The summed E-state index contributed by atoms with van der Waals surface area (Å²) in [6, 6.07) is 15.0. The van der Waals surface area contributed by atoms with Crippen LogP contribution in [0.4, 0.5) is 0 Å². The van der Waals surface area contributed by atoms with Crippen LogP contribution in [0.3, 0.4) is 0 Å². The van der Waals surface area contributed by atoms with Gasteiger partial charge in [0.25, 0.3) is 0 Å². The third kappa shape index (κ3) is 3.27. The Kier molecular flexibility index (Phi) is 3.93. The van der Waals surface area contributed by atoms with Crippen molar-refractivity contribution in [3.8, 4) is 5.75 Å². The van der Waals surface area contributed by atoms with Gasteiger partial charge in [-0.2, -0.15) is 0 Å². The van der Waals surface area contributed by atoms with Crippen molar-refractivity contribution >= 4 is 5.97 Å². The third-order valence-corrected chi connectivity index (χ3v) is 3.25. The van der Waals surface area contributed by atoms with Crippen molar-refractivity contribution < 1.29 is 9.53 Å².